The van der Waals surface area contributed by atoms with Crippen molar-refractivity contribution in [2.75, 3.05) is 11.9 Å². The van der Waals surface area contributed by atoms with Gasteiger partial charge in [-0.15, -0.1) is 16.4 Å². The molecule has 146 valence electrons. The van der Waals surface area contributed by atoms with E-state index in [9.17, 15) is 9.59 Å². The third kappa shape index (κ3) is 4.01. The summed E-state index contributed by atoms with van der Waals surface area (Å²) in [5.41, 5.74) is 2.83. The van der Waals surface area contributed by atoms with Crippen LogP contribution < -0.4 is 16.3 Å². The van der Waals surface area contributed by atoms with E-state index >= 15 is 0 Å². The average molecular weight is 398 g/mol. The lowest BCUT2D eigenvalue weighted by atomic mass is 10.1. The average Bonchev–Trinajstić information content (AvgIpc) is 3.20. The van der Waals surface area contributed by atoms with E-state index in [1.54, 1.807) is 15.9 Å². The number of thiophene rings is 1. The van der Waals surface area contributed by atoms with E-state index in [-0.39, 0.29) is 17.8 Å². The minimum atomic E-state index is -0.293. The fraction of sp³-hybridized carbons (Fsp3) is 0.350. The van der Waals surface area contributed by atoms with Crippen molar-refractivity contribution in [3.63, 3.8) is 0 Å². The van der Waals surface area contributed by atoms with Crippen LogP contribution in [-0.4, -0.2) is 26.9 Å². The lowest BCUT2D eigenvalue weighted by Gasteiger charge is -2.09. The van der Waals surface area contributed by atoms with Crippen LogP contribution in [0, 0.1) is 13.8 Å². The molecule has 1 saturated carbocycles. The van der Waals surface area contributed by atoms with Crippen LogP contribution in [0.15, 0.2) is 40.5 Å². The van der Waals surface area contributed by atoms with Gasteiger partial charge in [-0.3, -0.25) is 4.57 Å². The van der Waals surface area contributed by atoms with Crippen molar-refractivity contribution in [2.24, 2.45) is 0 Å². The van der Waals surface area contributed by atoms with Crippen molar-refractivity contribution in [3.8, 4) is 10.7 Å². The quantitative estimate of drug-likeness (QED) is 0.667. The Morgan fingerprint density at radius 2 is 2.00 bits per heavy atom. The molecule has 0 spiro atoms. The molecule has 1 aromatic carbocycles. The topological polar surface area (TPSA) is 81.0 Å². The van der Waals surface area contributed by atoms with Crippen LogP contribution in [0.1, 0.15) is 30.0 Å². The predicted octanol–water partition coefficient (Wildman–Crippen LogP) is 3.55. The Morgan fingerprint density at radius 1 is 1.25 bits per heavy atom. The van der Waals surface area contributed by atoms with Gasteiger partial charge in [-0.05, 0) is 61.4 Å². The summed E-state index contributed by atoms with van der Waals surface area (Å²) >= 11 is 1.57. The smallest absolute Gasteiger partial charge is 0.336 e. The van der Waals surface area contributed by atoms with Crippen molar-refractivity contribution < 1.29 is 4.79 Å². The van der Waals surface area contributed by atoms with Crippen LogP contribution in [0.5, 0.6) is 0 Å². The second-order valence-electron chi connectivity index (χ2n) is 7.17. The standard InChI is InChI=1S/C20H23N5O2S/c1-13-10-14(2)12-15(11-13)22-19(26)21-7-8-24-20(27)25(16-5-6-16)18(23-24)17-4-3-9-28-17/h3-4,9-12,16H,5-8H2,1-2H3,(H2,21,22,26). The summed E-state index contributed by atoms with van der Waals surface area (Å²) < 4.78 is 3.24. The van der Waals surface area contributed by atoms with E-state index in [4.69, 9.17) is 0 Å². The molecule has 0 radical (unpaired) electrons. The highest BCUT2D eigenvalue weighted by atomic mass is 32.1. The van der Waals surface area contributed by atoms with Gasteiger partial charge in [-0.25, -0.2) is 14.3 Å². The number of aryl methyl sites for hydroxylation is 2. The number of anilines is 1. The summed E-state index contributed by atoms with van der Waals surface area (Å²) in [5, 5.41) is 12.1. The number of carbonyl (C=O) groups is 1. The zero-order chi connectivity index (χ0) is 19.7. The molecular formula is C20H23N5O2S. The van der Waals surface area contributed by atoms with E-state index in [1.165, 1.54) is 4.68 Å². The van der Waals surface area contributed by atoms with Crippen LogP contribution in [0.2, 0.25) is 0 Å². The van der Waals surface area contributed by atoms with Gasteiger partial charge in [-0.1, -0.05) is 12.1 Å². The minimum absolute atomic E-state index is 0.109. The summed E-state index contributed by atoms with van der Waals surface area (Å²) in [4.78, 5) is 25.9. The van der Waals surface area contributed by atoms with Gasteiger partial charge in [0.05, 0.1) is 11.4 Å². The molecule has 0 saturated heterocycles. The molecule has 28 heavy (non-hydrogen) atoms. The number of hydrogen-bond acceptors (Lipinski definition) is 4. The molecule has 8 heteroatoms. The lowest BCUT2D eigenvalue weighted by Crippen LogP contribution is -2.34. The lowest BCUT2D eigenvalue weighted by molar-refractivity contribution is 0.251. The van der Waals surface area contributed by atoms with Gasteiger partial charge in [0.25, 0.3) is 0 Å². The Morgan fingerprint density at radius 3 is 2.64 bits per heavy atom. The van der Waals surface area contributed by atoms with E-state index in [2.05, 4.69) is 21.8 Å². The summed E-state index contributed by atoms with van der Waals surface area (Å²) in [6.07, 6.45) is 2.03. The maximum absolute atomic E-state index is 12.7. The molecule has 0 aliphatic heterocycles. The molecule has 0 atom stereocenters. The molecule has 2 heterocycles. The molecule has 2 amide bonds. The number of carbonyl (C=O) groups excluding carboxylic acids is 1. The maximum atomic E-state index is 12.7. The van der Waals surface area contributed by atoms with E-state index in [0.29, 0.717) is 13.1 Å². The Balaban J connectivity index is 1.40. The Hall–Kier alpha value is -2.87. The van der Waals surface area contributed by atoms with Gasteiger partial charge in [-0.2, -0.15) is 0 Å². The molecule has 0 bridgehead atoms. The first-order chi connectivity index (χ1) is 13.5. The zero-order valence-corrected chi connectivity index (χ0v) is 16.8. The van der Waals surface area contributed by atoms with Gasteiger partial charge in [0, 0.05) is 18.3 Å². The number of nitrogens with one attached hydrogen (secondary N) is 2. The van der Waals surface area contributed by atoms with Gasteiger partial charge in [0.1, 0.15) is 0 Å². The number of hydrogen-bond donors (Lipinski definition) is 2. The predicted molar refractivity (Wildman–Crippen MR) is 111 cm³/mol. The van der Waals surface area contributed by atoms with E-state index in [0.717, 1.165) is 40.4 Å². The number of nitrogens with zero attached hydrogens (tertiary/aromatic N) is 3. The molecule has 7 nitrogen and oxygen atoms in total. The van der Waals surface area contributed by atoms with Crippen LogP contribution in [0.25, 0.3) is 10.7 Å². The summed E-state index contributed by atoms with van der Waals surface area (Å²) in [5.74, 6) is 0.724. The van der Waals surface area contributed by atoms with Crippen molar-refractivity contribution in [1.82, 2.24) is 19.7 Å². The first kappa shape index (κ1) is 18.5. The molecule has 1 aliphatic rings. The fourth-order valence-electron chi connectivity index (χ4n) is 3.30. The van der Waals surface area contributed by atoms with Crippen LogP contribution >= 0.6 is 11.3 Å². The largest absolute Gasteiger partial charge is 0.346 e. The Kier molecular flexibility index (Phi) is 5.04. The molecule has 4 rings (SSSR count). The highest BCUT2D eigenvalue weighted by molar-refractivity contribution is 7.13. The van der Waals surface area contributed by atoms with Crippen molar-refractivity contribution in [2.45, 2.75) is 39.3 Å². The third-order valence-electron chi connectivity index (χ3n) is 4.61. The molecule has 2 aromatic heterocycles. The van der Waals surface area contributed by atoms with Crippen LogP contribution in [0.3, 0.4) is 0 Å². The number of rotatable bonds is 6. The number of benzene rings is 1. The van der Waals surface area contributed by atoms with Crippen LogP contribution in [0.4, 0.5) is 10.5 Å². The number of aromatic nitrogens is 3. The number of urea groups is 1. The highest BCUT2D eigenvalue weighted by Gasteiger charge is 2.30. The summed E-state index contributed by atoms with van der Waals surface area (Å²) in [7, 11) is 0. The van der Waals surface area contributed by atoms with Gasteiger partial charge in [0.2, 0.25) is 0 Å². The fourth-order valence-corrected chi connectivity index (χ4v) is 4.00. The molecule has 0 unspecified atom stereocenters. The molecule has 3 aromatic rings. The van der Waals surface area contributed by atoms with Crippen molar-refractivity contribution >= 4 is 23.1 Å². The maximum Gasteiger partial charge on any atom is 0.346 e. The van der Waals surface area contributed by atoms with Crippen molar-refractivity contribution in [3.05, 3.63) is 57.3 Å². The molecule has 2 N–H and O–H groups in total. The summed E-state index contributed by atoms with van der Waals surface area (Å²) in [6.45, 7) is 4.63. The van der Waals surface area contributed by atoms with Gasteiger partial charge < -0.3 is 10.6 Å². The molecular weight excluding hydrogens is 374 g/mol. The Bertz CT molecular complexity index is 1030. The van der Waals surface area contributed by atoms with Crippen molar-refractivity contribution in [1.29, 1.82) is 0 Å². The third-order valence-corrected chi connectivity index (χ3v) is 5.48. The molecule has 1 aliphatic carbocycles. The summed E-state index contributed by atoms with van der Waals surface area (Å²) in [6, 6.07) is 9.78. The first-order valence-corrected chi connectivity index (χ1v) is 10.3. The second-order valence-corrected chi connectivity index (χ2v) is 8.11. The second kappa shape index (κ2) is 7.63. The Labute approximate surface area is 167 Å². The normalized spacial score (nSPS) is 13.5. The monoisotopic (exact) mass is 397 g/mol. The van der Waals surface area contributed by atoms with Gasteiger partial charge in [0.15, 0.2) is 5.82 Å². The van der Waals surface area contributed by atoms with Crippen LogP contribution in [-0.2, 0) is 6.54 Å². The SMILES string of the molecule is Cc1cc(C)cc(NC(=O)NCCn2nc(-c3cccs3)n(C3CC3)c2=O)c1. The first-order valence-electron chi connectivity index (χ1n) is 9.37. The van der Waals surface area contributed by atoms with E-state index in [1.807, 2.05) is 43.5 Å². The minimum Gasteiger partial charge on any atom is -0.336 e. The van der Waals surface area contributed by atoms with E-state index < -0.39 is 0 Å². The highest BCUT2D eigenvalue weighted by Crippen LogP contribution is 2.37. The van der Waals surface area contributed by atoms with Gasteiger partial charge >= 0.3 is 11.7 Å². The molecule has 1 fully saturated rings. The zero-order valence-electron chi connectivity index (χ0n) is 15.9. The number of amides is 2.